The first-order valence-corrected chi connectivity index (χ1v) is 5.53. The number of aliphatic carboxylic acids is 1. The van der Waals surface area contributed by atoms with E-state index in [-0.39, 0.29) is 0 Å². The number of hydrogen-bond acceptors (Lipinski definition) is 6. The highest BCUT2D eigenvalue weighted by atomic mass is 32.1. The lowest BCUT2D eigenvalue weighted by atomic mass is 10.3. The lowest BCUT2D eigenvalue weighted by molar-refractivity contribution is -0.137. The number of carboxylic acids is 1. The molecule has 0 aliphatic heterocycles. The third-order valence-electron chi connectivity index (χ3n) is 2.09. The van der Waals surface area contributed by atoms with Gasteiger partial charge in [0.15, 0.2) is 0 Å². The predicted octanol–water partition coefficient (Wildman–Crippen LogP) is 1.28. The third-order valence-corrected chi connectivity index (χ3v) is 2.81. The van der Waals surface area contributed by atoms with Gasteiger partial charge in [-0.2, -0.15) is 0 Å². The van der Waals surface area contributed by atoms with Crippen molar-refractivity contribution in [3.8, 4) is 0 Å². The largest absolute Gasteiger partial charge is 0.480 e. The van der Waals surface area contributed by atoms with E-state index >= 15 is 0 Å². The summed E-state index contributed by atoms with van der Waals surface area (Å²) in [4.78, 5) is 23.9. The molecular weight excluding hydrogens is 228 g/mol. The maximum Gasteiger partial charge on any atom is 0.325 e. The summed E-state index contributed by atoms with van der Waals surface area (Å²) < 4.78 is 0. The molecule has 2 heterocycles. The van der Waals surface area contributed by atoms with Crippen LogP contribution in [0.3, 0.4) is 0 Å². The Bertz CT molecular complexity index is 539. The summed E-state index contributed by atoms with van der Waals surface area (Å²) in [6, 6.07) is -0.718. The van der Waals surface area contributed by atoms with Gasteiger partial charge in [-0.15, -0.1) is 11.3 Å². The average Bonchev–Trinajstić information content (AvgIpc) is 2.65. The minimum Gasteiger partial charge on any atom is -0.480 e. The van der Waals surface area contributed by atoms with Crippen molar-refractivity contribution in [2.45, 2.75) is 19.9 Å². The van der Waals surface area contributed by atoms with Gasteiger partial charge in [0.2, 0.25) is 5.95 Å². The van der Waals surface area contributed by atoms with Crippen molar-refractivity contribution in [1.82, 2.24) is 15.0 Å². The molecule has 1 unspecified atom stereocenters. The van der Waals surface area contributed by atoms with Gasteiger partial charge in [0, 0.05) is 0 Å². The van der Waals surface area contributed by atoms with Crippen LogP contribution in [0, 0.1) is 6.92 Å². The molecule has 2 aromatic rings. The highest BCUT2D eigenvalue weighted by Crippen LogP contribution is 2.19. The number of thiazole rings is 1. The van der Waals surface area contributed by atoms with Gasteiger partial charge in [0.05, 0.1) is 11.2 Å². The summed E-state index contributed by atoms with van der Waals surface area (Å²) in [5.41, 5.74) is 3.20. The Kier molecular flexibility index (Phi) is 2.69. The van der Waals surface area contributed by atoms with Crippen molar-refractivity contribution < 1.29 is 9.90 Å². The highest BCUT2D eigenvalue weighted by molar-refractivity contribution is 7.16. The molecule has 2 rings (SSSR count). The molecule has 0 saturated carbocycles. The number of fused-ring (bicyclic) bond motifs is 1. The van der Waals surface area contributed by atoms with Gasteiger partial charge in [0.1, 0.15) is 16.4 Å². The number of carbonyl (C=O) groups is 1. The van der Waals surface area contributed by atoms with Gasteiger partial charge >= 0.3 is 5.97 Å². The minimum atomic E-state index is -0.939. The lowest BCUT2D eigenvalue weighted by Gasteiger charge is -2.09. The minimum absolute atomic E-state index is 0.323. The maximum atomic E-state index is 10.7. The van der Waals surface area contributed by atoms with Crippen molar-refractivity contribution in [2.75, 3.05) is 5.32 Å². The van der Waals surface area contributed by atoms with Crippen molar-refractivity contribution in [3.05, 3.63) is 11.2 Å². The first kappa shape index (κ1) is 10.7. The summed E-state index contributed by atoms with van der Waals surface area (Å²) in [6.45, 7) is 3.36. The van der Waals surface area contributed by atoms with Crippen molar-refractivity contribution in [1.29, 1.82) is 0 Å². The zero-order valence-electron chi connectivity index (χ0n) is 8.76. The summed E-state index contributed by atoms with van der Waals surface area (Å²) in [7, 11) is 0. The fourth-order valence-electron chi connectivity index (χ4n) is 1.22. The van der Waals surface area contributed by atoms with Gasteiger partial charge < -0.3 is 10.4 Å². The average molecular weight is 238 g/mol. The maximum absolute atomic E-state index is 10.7. The van der Waals surface area contributed by atoms with Crippen LogP contribution in [0.25, 0.3) is 10.3 Å². The monoisotopic (exact) mass is 238 g/mol. The second-order valence-electron chi connectivity index (χ2n) is 3.34. The molecule has 1 atom stereocenters. The van der Waals surface area contributed by atoms with E-state index < -0.39 is 12.0 Å². The number of anilines is 1. The van der Waals surface area contributed by atoms with Gasteiger partial charge in [-0.1, -0.05) is 0 Å². The topological polar surface area (TPSA) is 88.0 Å². The van der Waals surface area contributed by atoms with E-state index in [9.17, 15) is 4.79 Å². The first-order valence-electron chi connectivity index (χ1n) is 4.65. The van der Waals surface area contributed by atoms with Crippen LogP contribution in [0.15, 0.2) is 5.51 Å². The van der Waals surface area contributed by atoms with Gasteiger partial charge in [-0.25, -0.2) is 15.0 Å². The van der Waals surface area contributed by atoms with Crippen LogP contribution in [0.5, 0.6) is 0 Å². The van der Waals surface area contributed by atoms with Gasteiger partial charge in [-0.05, 0) is 13.8 Å². The number of rotatable bonds is 3. The van der Waals surface area contributed by atoms with E-state index in [1.54, 1.807) is 5.51 Å². The molecule has 0 amide bonds. The molecule has 0 aliphatic carbocycles. The van der Waals surface area contributed by atoms with Crippen LogP contribution in [0.4, 0.5) is 5.95 Å². The summed E-state index contributed by atoms with van der Waals surface area (Å²) in [5, 5.41) is 11.5. The van der Waals surface area contributed by atoms with Crippen molar-refractivity contribution in [2.24, 2.45) is 0 Å². The standard InChI is InChI=1S/C9H10N4O2S/c1-4-6-7(16-3-10-6)13-9(11-4)12-5(2)8(14)15/h3,5H,1-2H3,(H,14,15)(H,11,12,13). The lowest BCUT2D eigenvalue weighted by Crippen LogP contribution is -2.26. The molecular formula is C9H10N4O2S. The molecule has 84 valence electrons. The molecule has 16 heavy (non-hydrogen) atoms. The molecule has 0 fully saturated rings. The van der Waals surface area contributed by atoms with Crippen LogP contribution >= 0.6 is 11.3 Å². The SMILES string of the molecule is Cc1nc(NC(C)C(=O)O)nc2scnc12. The Morgan fingerprint density at radius 1 is 1.56 bits per heavy atom. The number of aromatic nitrogens is 3. The van der Waals surface area contributed by atoms with E-state index in [4.69, 9.17) is 5.11 Å². The molecule has 0 saturated heterocycles. The molecule has 6 nitrogen and oxygen atoms in total. The van der Waals surface area contributed by atoms with Gasteiger partial charge in [0.25, 0.3) is 0 Å². The first-order chi connectivity index (χ1) is 7.58. The second kappa shape index (κ2) is 4.01. The second-order valence-corrected chi connectivity index (χ2v) is 4.18. The molecule has 2 N–H and O–H groups in total. The van der Waals surface area contributed by atoms with Gasteiger partial charge in [-0.3, -0.25) is 4.79 Å². The quantitative estimate of drug-likeness (QED) is 0.837. The Balaban J connectivity index is 2.35. The Hall–Kier alpha value is -1.76. The highest BCUT2D eigenvalue weighted by Gasteiger charge is 2.13. The van der Waals surface area contributed by atoms with Crippen molar-refractivity contribution in [3.63, 3.8) is 0 Å². The number of nitrogens with zero attached hydrogens (tertiary/aromatic N) is 3. The predicted molar refractivity (Wildman–Crippen MR) is 60.7 cm³/mol. The normalized spacial score (nSPS) is 12.6. The summed E-state index contributed by atoms with van der Waals surface area (Å²) >= 11 is 1.40. The van der Waals surface area contributed by atoms with E-state index in [0.29, 0.717) is 5.95 Å². The fraction of sp³-hybridized carbons (Fsp3) is 0.333. The molecule has 0 bridgehead atoms. The number of aryl methyl sites for hydroxylation is 1. The number of hydrogen-bond donors (Lipinski definition) is 2. The molecule has 0 radical (unpaired) electrons. The molecule has 7 heteroatoms. The van der Waals surface area contributed by atoms with Crippen LogP contribution in [0.2, 0.25) is 0 Å². The zero-order chi connectivity index (χ0) is 11.7. The Labute approximate surface area is 95.4 Å². The Morgan fingerprint density at radius 3 is 3.00 bits per heavy atom. The fourth-order valence-corrected chi connectivity index (χ4v) is 1.93. The molecule has 0 spiro atoms. The smallest absolute Gasteiger partial charge is 0.325 e. The molecule has 0 aliphatic rings. The molecule has 0 aromatic carbocycles. The number of nitrogens with one attached hydrogen (secondary N) is 1. The van der Waals surface area contributed by atoms with E-state index in [0.717, 1.165) is 16.0 Å². The third kappa shape index (κ3) is 1.94. The van der Waals surface area contributed by atoms with E-state index in [2.05, 4.69) is 20.3 Å². The molecule has 2 aromatic heterocycles. The summed E-state index contributed by atoms with van der Waals surface area (Å²) in [6.07, 6.45) is 0. The van der Waals surface area contributed by atoms with E-state index in [1.165, 1.54) is 18.3 Å². The number of carboxylic acid groups (broad SMARTS) is 1. The van der Waals surface area contributed by atoms with E-state index in [1.807, 2.05) is 6.92 Å². The van der Waals surface area contributed by atoms with Crippen LogP contribution in [0.1, 0.15) is 12.6 Å². The van der Waals surface area contributed by atoms with Crippen molar-refractivity contribution >= 4 is 33.6 Å². The zero-order valence-corrected chi connectivity index (χ0v) is 9.58. The Morgan fingerprint density at radius 2 is 2.31 bits per heavy atom. The van der Waals surface area contributed by atoms with Crippen LogP contribution in [-0.2, 0) is 4.79 Å². The summed E-state index contributed by atoms with van der Waals surface area (Å²) in [5.74, 6) is -0.616. The van der Waals surface area contributed by atoms with Crippen LogP contribution in [-0.4, -0.2) is 32.1 Å². The van der Waals surface area contributed by atoms with Crippen LogP contribution < -0.4 is 5.32 Å².